The monoisotopic (exact) mass is 391 g/mol. The smallest absolute Gasteiger partial charge is 0.191 e. The van der Waals surface area contributed by atoms with Crippen LogP contribution in [-0.2, 0) is 4.74 Å². The molecule has 3 rings (SSSR count). The number of nitrogens with one attached hydrogen (secondary N) is 2. The molecule has 0 saturated carbocycles. The predicted molar refractivity (Wildman–Crippen MR) is 113 cm³/mol. The van der Waals surface area contributed by atoms with E-state index in [1.165, 1.54) is 12.8 Å². The van der Waals surface area contributed by atoms with Gasteiger partial charge in [0.05, 0.1) is 25.5 Å². The van der Waals surface area contributed by atoms with Gasteiger partial charge in [-0.25, -0.2) is 0 Å². The fourth-order valence-corrected chi connectivity index (χ4v) is 4.25. The normalized spacial score (nSPS) is 21.8. The summed E-state index contributed by atoms with van der Waals surface area (Å²) in [6.45, 7) is 12.2. The molecule has 0 amide bonds. The number of furan rings is 1. The molecule has 2 aliphatic rings. The van der Waals surface area contributed by atoms with Gasteiger partial charge in [-0.2, -0.15) is 0 Å². The lowest BCUT2D eigenvalue weighted by Gasteiger charge is -2.37. The van der Waals surface area contributed by atoms with E-state index in [1.807, 2.05) is 13.1 Å². The van der Waals surface area contributed by atoms with E-state index in [0.29, 0.717) is 12.0 Å². The van der Waals surface area contributed by atoms with Gasteiger partial charge in [-0.1, -0.05) is 13.8 Å². The third-order valence-corrected chi connectivity index (χ3v) is 5.90. The van der Waals surface area contributed by atoms with Crippen LogP contribution in [0.15, 0.2) is 27.8 Å². The molecule has 0 aromatic carbocycles. The highest BCUT2D eigenvalue weighted by atomic mass is 16.5. The molecular formula is C21H37N5O2. The topological polar surface area (TPSA) is 65.3 Å². The van der Waals surface area contributed by atoms with Crippen LogP contribution in [0.2, 0.25) is 0 Å². The first-order valence-electron chi connectivity index (χ1n) is 10.7. The minimum absolute atomic E-state index is 0.246. The van der Waals surface area contributed by atoms with E-state index in [9.17, 15) is 0 Å². The van der Waals surface area contributed by atoms with Crippen LogP contribution in [0.5, 0.6) is 0 Å². The molecule has 1 aromatic rings. The van der Waals surface area contributed by atoms with E-state index >= 15 is 0 Å². The molecule has 2 aliphatic heterocycles. The number of hydrogen-bond acceptors (Lipinski definition) is 5. The Kier molecular flexibility index (Phi) is 8.18. The number of rotatable bonds is 8. The number of aliphatic imine (C=N–C) groups is 1. The molecule has 7 heteroatoms. The number of guanidine groups is 1. The minimum Gasteiger partial charge on any atom is -0.468 e. The Bertz CT molecular complexity index is 578. The fraction of sp³-hybridized carbons (Fsp3) is 0.762. The Morgan fingerprint density at radius 3 is 2.39 bits per heavy atom. The van der Waals surface area contributed by atoms with Crippen molar-refractivity contribution in [3.8, 4) is 0 Å². The standard InChI is InChI=1S/C21H37N5O2/c1-17(2)18(26-10-13-27-14-11-26)15-23-21(22-3)24-16-19(20-7-6-12-28-20)25-8-4-5-9-25/h6-7,12,17-19H,4-5,8-11,13-16H2,1-3H3,(H2,22,23,24). The van der Waals surface area contributed by atoms with Gasteiger partial charge in [0.25, 0.3) is 0 Å². The van der Waals surface area contributed by atoms with E-state index in [0.717, 1.165) is 64.2 Å². The van der Waals surface area contributed by atoms with Crippen LogP contribution in [0.3, 0.4) is 0 Å². The molecule has 0 aliphatic carbocycles. The van der Waals surface area contributed by atoms with Crippen molar-refractivity contribution in [2.24, 2.45) is 10.9 Å². The van der Waals surface area contributed by atoms with Crippen LogP contribution in [0, 0.1) is 5.92 Å². The van der Waals surface area contributed by atoms with Crippen molar-refractivity contribution in [1.82, 2.24) is 20.4 Å². The van der Waals surface area contributed by atoms with Crippen LogP contribution in [-0.4, -0.2) is 81.3 Å². The molecule has 2 fully saturated rings. The zero-order valence-corrected chi connectivity index (χ0v) is 17.7. The van der Waals surface area contributed by atoms with Crippen molar-refractivity contribution in [3.63, 3.8) is 0 Å². The molecule has 7 nitrogen and oxygen atoms in total. The van der Waals surface area contributed by atoms with Gasteiger partial charge in [0.1, 0.15) is 5.76 Å². The molecular weight excluding hydrogens is 354 g/mol. The number of nitrogens with zero attached hydrogens (tertiary/aromatic N) is 3. The molecule has 158 valence electrons. The van der Waals surface area contributed by atoms with Crippen LogP contribution in [0.1, 0.15) is 38.5 Å². The summed E-state index contributed by atoms with van der Waals surface area (Å²) in [5, 5.41) is 7.07. The van der Waals surface area contributed by atoms with Crippen LogP contribution in [0.4, 0.5) is 0 Å². The summed E-state index contributed by atoms with van der Waals surface area (Å²) >= 11 is 0. The van der Waals surface area contributed by atoms with Gasteiger partial charge in [0, 0.05) is 39.3 Å². The van der Waals surface area contributed by atoms with Crippen molar-refractivity contribution < 1.29 is 9.15 Å². The summed E-state index contributed by atoms with van der Waals surface area (Å²) in [6, 6.07) is 4.77. The summed E-state index contributed by atoms with van der Waals surface area (Å²) in [4.78, 5) is 9.48. The largest absolute Gasteiger partial charge is 0.468 e. The molecule has 2 saturated heterocycles. The summed E-state index contributed by atoms with van der Waals surface area (Å²) < 4.78 is 11.2. The van der Waals surface area contributed by atoms with E-state index in [2.05, 4.69) is 45.3 Å². The molecule has 2 atom stereocenters. The lowest BCUT2D eigenvalue weighted by molar-refractivity contribution is 0.00751. The van der Waals surface area contributed by atoms with Gasteiger partial charge < -0.3 is 19.8 Å². The fourth-order valence-electron chi connectivity index (χ4n) is 4.25. The van der Waals surface area contributed by atoms with E-state index in [4.69, 9.17) is 9.15 Å². The van der Waals surface area contributed by atoms with Crippen LogP contribution >= 0.6 is 0 Å². The SMILES string of the molecule is CN=C(NCC(c1ccco1)N1CCCC1)NCC(C(C)C)N1CCOCC1. The molecule has 3 heterocycles. The average Bonchev–Trinajstić information content (AvgIpc) is 3.42. The minimum atomic E-state index is 0.246. The third kappa shape index (κ3) is 5.72. The summed E-state index contributed by atoms with van der Waals surface area (Å²) in [5.74, 6) is 2.46. The van der Waals surface area contributed by atoms with Gasteiger partial charge in [-0.05, 0) is 44.0 Å². The first kappa shape index (κ1) is 21.1. The van der Waals surface area contributed by atoms with Gasteiger partial charge in [0.15, 0.2) is 5.96 Å². The van der Waals surface area contributed by atoms with Gasteiger partial charge in [0.2, 0.25) is 0 Å². The second-order valence-electron chi connectivity index (χ2n) is 8.07. The average molecular weight is 392 g/mol. The Morgan fingerprint density at radius 2 is 1.79 bits per heavy atom. The molecule has 0 radical (unpaired) electrons. The maximum absolute atomic E-state index is 5.72. The van der Waals surface area contributed by atoms with E-state index < -0.39 is 0 Å². The van der Waals surface area contributed by atoms with Crippen molar-refractivity contribution >= 4 is 5.96 Å². The maximum atomic E-state index is 5.72. The van der Waals surface area contributed by atoms with Crippen molar-refractivity contribution in [3.05, 3.63) is 24.2 Å². The number of likely N-dealkylation sites (tertiary alicyclic amines) is 1. The number of ether oxygens (including phenoxy) is 1. The zero-order chi connectivity index (χ0) is 19.8. The van der Waals surface area contributed by atoms with E-state index in [-0.39, 0.29) is 6.04 Å². The quantitative estimate of drug-likeness (QED) is 0.522. The summed E-state index contributed by atoms with van der Waals surface area (Å²) in [6.07, 6.45) is 4.29. The molecule has 2 N–H and O–H groups in total. The Balaban J connectivity index is 1.54. The highest BCUT2D eigenvalue weighted by Gasteiger charge is 2.26. The predicted octanol–water partition coefficient (Wildman–Crippen LogP) is 1.94. The third-order valence-electron chi connectivity index (χ3n) is 5.90. The maximum Gasteiger partial charge on any atom is 0.191 e. The zero-order valence-electron chi connectivity index (χ0n) is 17.7. The van der Waals surface area contributed by atoms with Crippen molar-refractivity contribution in [2.45, 2.75) is 38.8 Å². The summed E-state index contributed by atoms with van der Waals surface area (Å²) in [7, 11) is 1.84. The number of hydrogen-bond donors (Lipinski definition) is 2. The Hall–Kier alpha value is -1.57. The first-order chi connectivity index (χ1) is 13.7. The molecule has 0 spiro atoms. The lowest BCUT2D eigenvalue weighted by atomic mass is 10.0. The van der Waals surface area contributed by atoms with E-state index in [1.54, 1.807) is 6.26 Å². The van der Waals surface area contributed by atoms with Crippen LogP contribution < -0.4 is 10.6 Å². The van der Waals surface area contributed by atoms with Crippen molar-refractivity contribution in [1.29, 1.82) is 0 Å². The molecule has 2 unspecified atom stereocenters. The second-order valence-corrected chi connectivity index (χ2v) is 8.07. The molecule has 0 bridgehead atoms. The van der Waals surface area contributed by atoms with Crippen molar-refractivity contribution in [2.75, 3.05) is 59.5 Å². The van der Waals surface area contributed by atoms with Crippen LogP contribution in [0.25, 0.3) is 0 Å². The van der Waals surface area contributed by atoms with Gasteiger partial charge in [-0.15, -0.1) is 0 Å². The highest BCUT2D eigenvalue weighted by molar-refractivity contribution is 5.79. The Morgan fingerprint density at radius 1 is 1.07 bits per heavy atom. The highest BCUT2D eigenvalue weighted by Crippen LogP contribution is 2.24. The number of morpholine rings is 1. The second kappa shape index (κ2) is 10.8. The lowest BCUT2D eigenvalue weighted by Crippen LogP contribution is -2.53. The molecule has 1 aromatic heterocycles. The Labute approximate surface area is 169 Å². The van der Waals surface area contributed by atoms with Gasteiger partial charge >= 0.3 is 0 Å². The first-order valence-corrected chi connectivity index (χ1v) is 10.7. The van der Waals surface area contributed by atoms with Gasteiger partial charge in [-0.3, -0.25) is 14.8 Å². The molecule has 28 heavy (non-hydrogen) atoms. The summed E-state index contributed by atoms with van der Waals surface area (Å²) in [5.41, 5.74) is 0.